The molecule has 4 heteroatoms. The zero-order valence-corrected chi connectivity index (χ0v) is 6.44. The Morgan fingerprint density at radius 3 is 3.50 bits per heavy atom. The highest BCUT2D eigenvalue weighted by Crippen LogP contribution is 2.19. The van der Waals surface area contributed by atoms with Crippen LogP contribution in [0, 0.1) is 0 Å². The zero-order chi connectivity index (χ0) is 7.97. The van der Waals surface area contributed by atoms with Gasteiger partial charge in [-0.1, -0.05) is 0 Å². The second-order valence-corrected chi connectivity index (χ2v) is 2.85. The van der Waals surface area contributed by atoms with Crippen LogP contribution in [0.4, 0.5) is 0 Å². The third kappa shape index (κ3) is 0.637. The molecule has 60 valence electrons. The monoisotopic (exact) mass is 160 g/mol. The first-order valence-electron chi connectivity index (χ1n) is 3.87. The van der Waals surface area contributed by atoms with Crippen molar-refractivity contribution in [3.05, 3.63) is 36.4 Å². The van der Waals surface area contributed by atoms with Gasteiger partial charge in [0.05, 0.1) is 12.7 Å². The summed E-state index contributed by atoms with van der Waals surface area (Å²) < 4.78 is 2.03. The summed E-state index contributed by atoms with van der Waals surface area (Å²) in [6.45, 7) is 0.850. The van der Waals surface area contributed by atoms with E-state index in [0.717, 1.165) is 18.2 Å². The van der Waals surface area contributed by atoms with E-state index in [-0.39, 0.29) is 0 Å². The number of hydrogen-bond acceptors (Lipinski definition) is 3. The van der Waals surface area contributed by atoms with E-state index in [4.69, 9.17) is 0 Å². The highest BCUT2D eigenvalue weighted by Gasteiger charge is 2.18. The molecular weight excluding hydrogens is 152 g/mol. The highest BCUT2D eigenvalue weighted by atomic mass is 15.3. The second-order valence-electron chi connectivity index (χ2n) is 2.85. The predicted molar refractivity (Wildman–Crippen MR) is 44.3 cm³/mol. The number of nitrogens with zero attached hydrogens (tertiary/aromatic N) is 3. The minimum Gasteiger partial charge on any atom is -0.345 e. The molecule has 0 saturated carbocycles. The molecule has 3 heterocycles. The Balaban J connectivity index is 2.13. The average Bonchev–Trinajstić information content (AvgIpc) is 2.64. The van der Waals surface area contributed by atoms with Crippen molar-refractivity contribution in [1.82, 2.24) is 19.8 Å². The van der Waals surface area contributed by atoms with E-state index >= 15 is 0 Å². The number of imidazole rings is 1. The molecule has 12 heavy (non-hydrogen) atoms. The lowest BCUT2D eigenvalue weighted by molar-refractivity contribution is 0.432. The Labute approximate surface area is 69.8 Å². The van der Waals surface area contributed by atoms with E-state index < -0.39 is 0 Å². The summed E-state index contributed by atoms with van der Waals surface area (Å²) in [5.74, 6) is 2.19. The SMILES string of the molecule is C1=CN2Cc3nccn3C=C2N1. The molecule has 2 aliphatic rings. The summed E-state index contributed by atoms with van der Waals surface area (Å²) in [6.07, 6.45) is 9.76. The molecule has 1 aromatic heterocycles. The van der Waals surface area contributed by atoms with Crippen LogP contribution < -0.4 is 5.32 Å². The standard InChI is InChI=1S/C8H8N4/c1-3-11-6-8-10-2-4-12(8)5-7(11)9-1/h1-5,9H,6H2. The molecule has 2 aliphatic heterocycles. The van der Waals surface area contributed by atoms with Crippen molar-refractivity contribution in [3.63, 3.8) is 0 Å². The molecule has 3 rings (SSSR count). The summed E-state index contributed by atoms with van der Waals surface area (Å²) in [5.41, 5.74) is 0. The fourth-order valence-electron chi connectivity index (χ4n) is 1.49. The third-order valence-electron chi connectivity index (χ3n) is 2.12. The zero-order valence-electron chi connectivity index (χ0n) is 6.44. The molecule has 4 nitrogen and oxygen atoms in total. The Kier molecular flexibility index (Phi) is 0.935. The fraction of sp³-hybridized carbons (Fsp3) is 0.125. The van der Waals surface area contributed by atoms with Crippen molar-refractivity contribution >= 4 is 6.20 Å². The first-order chi connectivity index (χ1) is 5.93. The van der Waals surface area contributed by atoms with E-state index in [1.165, 1.54) is 0 Å². The normalized spacial score (nSPS) is 18.3. The minimum absolute atomic E-state index is 0.850. The largest absolute Gasteiger partial charge is 0.345 e. The van der Waals surface area contributed by atoms with Crippen LogP contribution in [0.2, 0.25) is 0 Å². The maximum atomic E-state index is 4.23. The van der Waals surface area contributed by atoms with Crippen LogP contribution in [0.3, 0.4) is 0 Å². The number of aromatic nitrogens is 2. The number of fused-ring (bicyclic) bond motifs is 2. The van der Waals surface area contributed by atoms with Gasteiger partial charge >= 0.3 is 0 Å². The maximum absolute atomic E-state index is 4.23. The summed E-state index contributed by atoms with van der Waals surface area (Å²) >= 11 is 0. The van der Waals surface area contributed by atoms with Crippen molar-refractivity contribution in [2.45, 2.75) is 6.54 Å². The van der Waals surface area contributed by atoms with Gasteiger partial charge in [0.2, 0.25) is 0 Å². The van der Waals surface area contributed by atoms with Crippen LogP contribution in [0.15, 0.2) is 30.6 Å². The first-order valence-corrected chi connectivity index (χ1v) is 3.87. The smallest absolute Gasteiger partial charge is 0.132 e. The predicted octanol–water partition coefficient (Wildman–Crippen LogP) is 0.529. The Hall–Kier alpha value is -1.71. The van der Waals surface area contributed by atoms with E-state index in [0.29, 0.717) is 0 Å². The molecule has 0 amide bonds. The van der Waals surface area contributed by atoms with Gasteiger partial charge in [0, 0.05) is 24.8 Å². The molecule has 0 atom stereocenters. The fourth-order valence-corrected chi connectivity index (χ4v) is 1.49. The van der Waals surface area contributed by atoms with Gasteiger partial charge in [-0.15, -0.1) is 0 Å². The average molecular weight is 160 g/mol. The first kappa shape index (κ1) is 5.88. The number of rotatable bonds is 0. The molecule has 0 bridgehead atoms. The molecule has 0 radical (unpaired) electrons. The topological polar surface area (TPSA) is 33.1 Å². The van der Waals surface area contributed by atoms with Crippen LogP contribution in [0.5, 0.6) is 0 Å². The summed E-state index contributed by atoms with van der Waals surface area (Å²) in [6, 6.07) is 0. The molecule has 0 aliphatic carbocycles. The molecule has 0 fully saturated rings. The Morgan fingerprint density at radius 1 is 1.50 bits per heavy atom. The lowest BCUT2D eigenvalue weighted by Gasteiger charge is -2.22. The van der Waals surface area contributed by atoms with Crippen LogP contribution in [0.25, 0.3) is 6.20 Å². The number of hydrogen-bond donors (Lipinski definition) is 1. The van der Waals surface area contributed by atoms with E-state index in [1.807, 2.05) is 35.6 Å². The highest BCUT2D eigenvalue weighted by molar-refractivity contribution is 5.37. The van der Waals surface area contributed by atoms with Crippen LogP contribution in [-0.2, 0) is 6.54 Å². The molecule has 0 unspecified atom stereocenters. The van der Waals surface area contributed by atoms with Crippen molar-refractivity contribution in [3.8, 4) is 0 Å². The lowest BCUT2D eigenvalue weighted by atomic mass is 10.4. The molecule has 0 saturated heterocycles. The van der Waals surface area contributed by atoms with Crippen molar-refractivity contribution in [2.75, 3.05) is 0 Å². The van der Waals surface area contributed by atoms with Gasteiger partial charge in [-0.25, -0.2) is 4.98 Å². The summed E-state index contributed by atoms with van der Waals surface area (Å²) in [7, 11) is 0. The van der Waals surface area contributed by atoms with Crippen LogP contribution >= 0.6 is 0 Å². The summed E-state index contributed by atoms with van der Waals surface area (Å²) in [4.78, 5) is 6.36. The molecule has 1 N–H and O–H groups in total. The Morgan fingerprint density at radius 2 is 2.50 bits per heavy atom. The van der Waals surface area contributed by atoms with Crippen LogP contribution in [0.1, 0.15) is 5.82 Å². The van der Waals surface area contributed by atoms with Crippen molar-refractivity contribution in [2.24, 2.45) is 0 Å². The summed E-state index contributed by atoms with van der Waals surface area (Å²) in [5, 5.41) is 3.15. The van der Waals surface area contributed by atoms with Crippen molar-refractivity contribution in [1.29, 1.82) is 0 Å². The molecule has 0 spiro atoms. The molecular formula is C8H8N4. The maximum Gasteiger partial charge on any atom is 0.132 e. The third-order valence-corrected chi connectivity index (χ3v) is 2.12. The van der Waals surface area contributed by atoms with Gasteiger partial charge in [-0.3, -0.25) is 0 Å². The quantitative estimate of drug-likeness (QED) is 0.601. The van der Waals surface area contributed by atoms with Crippen LogP contribution in [-0.4, -0.2) is 14.5 Å². The van der Waals surface area contributed by atoms with E-state index in [1.54, 1.807) is 0 Å². The minimum atomic E-state index is 0.850. The lowest BCUT2D eigenvalue weighted by Crippen LogP contribution is -2.24. The van der Waals surface area contributed by atoms with Gasteiger partial charge in [-0.05, 0) is 0 Å². The second kappa shape index (κ2) is 1.91. The Bertz CT molecular complexity index is 374. The molecule has 1 aromatic rings. The van der Waals surface area contributed by atoms with Gasteiger partial charge in [0.25, 0.3) is 0 Å². The van der Waals surface area contributed by atoms with Gasteiger partial charge in [0.1, 0.15) is 11.6 Å². The molecule has 0 aromatic carbocycles. The van der Waals surface area contributed by atoms with Crippen molar-refractivity contribution < 1.29 is 0 Å². The van der Waals surface area contributed by atoms with E-state index in [2.05, 4.69) is 15.2 Å². The van der Waals surface area contributed by atoms with Gasteiger partial charge in [-0.2, -0.15) is 0 Å². The van der Waals surface area contributed by atoms with Gasteiger partial charge < -0.3 is 14.8 Å². The van der Waals surface area contributed by atoms with Gasteiger partial charge in [0.15, 0.2) is 0 Å². The number of nitrogens with one attached hydrogen (secondary N) is 1. The van der Waals surface area contributed by atoms with E-state index in [9.17, 15) is 0 Å².